The molecule has 0 unspecified atom stereocenters. The second-order valence-electron chi connectivity index (χ2n) is 9.42. The molecular weight excluding hydrogens is 336 g/mol. The molecule has 0 radical (unpaired) electrons. The van der Waals surface area contributed by atoms with E-state index < -0.39 is 11.2 Å². The predicted octanol–water partition coefficient (Wildman–Crippen LogP) is 3.27. The van der Waals surface area contributed by atoms with Crippen molar-refractivity contribution in [1.29, 1.82) is 0 Å². The number of hydrogen-bond donors (Lipinski definition) is 0. The van der Waals surface area contributed by atoms with Gasteiger partial charge in [0.05, 0.1) is 13.2 Å². The molecule has 2 aliphatic rings. The Hall–Kier alpha value is -1.50. The number of amides is 2. The SMILES string of the molecule is CC(C)(C)OC(=O)N1CCC2(CC1)COCCN(C(=O)OC(C)(C)C)C2. The van der Waals surface area contributed by atoms with E-state index in [0.29, 0.717) is 39.4 Å². The van der Waals surface area contributed by atoms with Crippen LogP contribution in [0.3, 0.4) is 0 Å². The summed E-state index contributed by atoms with van der Waals surface area (Å²) in [5.74, 6) is 0. The summed E-state index contributed by atoms with van der Waals surface area (Å²) < 4.78 is 16.8. The van der Waals surface area contributed by atoms with Crippen LogP contribution < -0.4 is 0 Å². The van der Waals surface area contributed by atoms with Gasteiger partial charge in [0.25, 0.3) is 0 Å². The number of nitrogens with zero attached hydrogens (tertiary/aromatic N) is 2. The molecule has 0 bridgehead atoms. The summed E-state index contributed by atoms with van der Waals surface area (Å²) in [5, 5.41) is 0. The maximum Gasteiger partial charge on any atom is 0.410 e. The van der Waals surface area contributed by atoms with Crippen molar-refractivity contribution in [2.45, 2.75) is 65.6 Å². The number of rotatable bonds is 0. The summed E-state index contributed by atoms with van der Waals surface area (Å²) in [5.41, 5.74) is -1.14. The molecule has 0 N–H and O–H groups in total. The summed E-state index contributed by atoms with van der Waals surface area (Å²) in [6.07, 6.45) is 1.000. The van der Waals surface area contributed by atoms with Gasteiger partial charge in [-0.3, -0.25) is 0 Å². The number of likely N-dealkylation sites (tertiary alicyclic amines) is 1. The van der Waals surface area contributed by atoms with Crippen LogP contribution in [-0.4, -0.2) is 72.6 Å². The second-order valence-corrected chi connectivity index (χ2v) is 9.42. The molecule has 2 rings (SSSR count). The summed E-state index contributed by atoms with van der Waals surface area (Å²) in [6, 6.07) is 0. The van der Waals surface area contributed by atoms with Crippen molar-refractivity contribution in [1.82, 2.24) is 9.80 Å². The number of ether oxygens (including phenoxy) is 3. The van der Waals surface area contributed by atoms with Crippen LogP contribution in [0.1, 0.15) is 54.4 Å². The Balaban J connectivity index is 1.97. The zero-order chi connectivity index (χ0) is 19.6. The third-order valence-corrected chi connectivity index (χ3v) is 4.57. The fourth-order valence-electron chi connectivity index (χ4n) is 3.27. The van der Waals surface area contributed by atoms with E-state index in [4.69, 9.17) is 14.2 Å². The molecule has 2 amide bonds. The first-order valence-corrected chi connectivity index (χ1v) is 9.43. The lowest BCUT2D eigenvalue weighted by atomic mass is 9.78. The van der Waals surface area contributed by atoms with Gasteiger partial charge in [-0.15, -0.1) is 0 Å². The van der Waals surface area contributed by atoms with Crippen molar-refractivity contribution in [3.8, 4) is 0 Å². The van der Waals surface area contributed by atoms with Gasteiger partial charge in [0.15, 0.2) is 0 Å². The van der Waals surface area contributed by atoms with Crippen LogP contribution in [0.15, 0.2) is 0 Å². The third kappa shape index (κ3) is 6.04. The van der Waals surface area contributed by atoms with E-state index in [9.17, 15) is 9.59 Å². The van der Waals surface area contributed by atoms with E-state index in [1.165, 1.54) is 0 Å². The van der Waals surface area contributed by atoms with Crippen LogP contribution in [0.5, 0.6) is 0 Å². The molecule has 150 valence electrons. The largest absolute Gasteiger partial charge is 0.444 e. The molecule has 1 spiro atoms. The normalized spacial score (nSPS) is 21.3. The molecule has 0 aromatic heterocycles. The van der Waals surface area contributed by atoms with E-state index in [1.807, 2.05) is 41.5 Å². The smallest absolute Gasteiger partial charge is 0.410 e. The molecule has 0 aliphatic carbocycles. The highest BCUT2D eigenvalue weighted by molar-refractivity contribution is 5.69. The highest BCUT2D eigenvalue weighted by Gasteiger charge is 2.41. The highest BCUT2D eigenvalue weighted by atomic mass is 16.6. The van der Waals surface area contributed by atoms with Gasteiger partial charge in [-0.05, 0) is 54.4 Å². The van der Waals surface area contributed by atoms with Crippen LogP contribution >= 0.6 is 0 Å². The van der Waals surface area contributed by atoms with Gasteiger partial charge in [0.2, 0.25) is 0 Å². The van der Waals surface area contributed by atoms with Crippen molar-refractivity contribution in [2.24, 2.45) is 5.41 Å². The van der Waals surface area contributed by atoms with Gasteiger partial charge < -0.3 is 24.0 Å². The lowest BCUT2D eigenvalue weighted by molar-refractivity contribution is -0.0136. The monoisotopic (exact) mass is 370 g/mol. The lowest BCUT2D eigenvalue weighted by Gasteiger charge is -2.42. The second kappa shape index (κ2) is 7.62. The first kappa shape index (κ1) is 20.8. The summed E-state index contributed by atoms with van der Waals surface area (Å²) in [7, 11) is 0. The average Bonchev–Trinajstić information content (AvgIpc) is 2.67. The van der Waals surface area contributed by atoms with Crippen LogP contribution in [0, 0.1) is 5.41 Å². The first-order chi connectivity index (χ1) is 11.9. The van der Waals surface area contributed by atoms with Gasteiger partial charge in [0, 0.05) is 31.6 Å². The molecule has 26 heavy (non-hydrogen) atoms. The predicted molar refractivity (Wildman–Crippen MR) is 98.1 cm³/mol. The minimum atomic E-state index is -0.516. The fraction of sp³-hybridized carbons (Fsp3) is 0.895. The van der Waals surface area contributed by atoms with Crippen molar-refractivity contribution >= 4 is 12.2 Å². The Bertz CT molecular complexity index is 513. The Kier molecular flexibility index (Phi) is 6.10. The zero-order valence-corrected chi connectivity index (χ0v) is 17.1. The summed E-state index contributed by atoms with van der Waals surface area (Å²) in [6.45, 7) is 14.7. The maximum absolute atomic E-state index is 12.5. The molecule has 2 fully saturated rings. The van der Waals surface area contributed by atoms with E-state index in [0.717, 1.165) is 12.8 Å². The van der Waals surface area contributed by atoms with Gasteiger partial charge in [-0.2, -0.15) is 0 Å². The molecule has 7 heteroatoms. The van der Waals surface area contributed by atoms with Crippen LogP contribution in [0.4, 0.5) is 9.59 Å². The van der Waals surface area contributed by atoms with E-state index in [2.05, 4.69) is 0 Å². The van der Waals surface area contributed by atoms with Crippen molar-refractivity contribution in [3.63, 3.8) is 0 Å². The first-order valence-electron chi connectivity index (χ1n) is 9.43. The third-order valence-electron chi connectivity index (χ3n) is 4.57. The summed E-state index contributed by atoms with van der Waals surface area (Å²) in [4.78, 5) is 28.3. The van der Waals surface area contributed by atoms with Gasteiger partial charge >= 0.3 is 12.2 Å². The van der Waals surface area contributed by atoms with Crippen LogP contribution in [0.2, 0.25) is 0 Å². The number of carbonyl (C=O) groups is 2. The zero-order valence-electron chi connectivity index (χ0n) is 17.1. The summed E-state index contributed by atoms with van der Waals surface area (Å²) >= 11 is 0. The molecule has 7 nitrogen and oxygen atoms in total. The Morgan fingerprint density at radius 1 is 0.846 bits per heavy atom. The van der Waals surface area contributed by atoms with Crippen molar-refractivity contribution in [3.05, 3.63) is 0 Å². The van der Waals surface area contributed by atoms with Crippen LogP contribution in [-0.2, 0) is 14.2 Å². The number of piperidine rings is 1. The minimum absolute atomic E-state index is 0.133. The van der Waals surface area contributed by atoms with Gasteiger partial charge in [0.1, 0.15) is 11.2 Å². The van der Waals surface area contributed by atoms with Crippen molar-refractivity contribution < 1.29 is 23.8 Å². The number of hydrogen-bond acceptors (Lipinski definition) is 5. The standard InChI is InChI=1S/C19H34N2O5/c1-17(2,3)25-15(22)20-9-7-19(8-10-20)13-21(11-12-24-14-19)16(23)26-18(4,5)6/h7-14H2,1-6H3. The minimum Gasteiger partial charge on any atom is -0.444 e. The lowest BCUT2D eigenvalue weighted by Crippen LogP contribution is -2.51. The molecular formula is C19H34N2O5. The van der Waals surface area contributed by atoms with E-state index in [1.54, 1.807) is 9.80 Å². The molecule has 0 saturated carbocycles. The fourth-order valence-corrected chi connectivity index (χ4v) is 3.27. The quantitative estimate of drug-likeness (QED) is 0.655. The Labute approximate surface area is 156 Å². The Morgan fingerprint density at radius 3 is 1.85 bits per heavy atom. The molecule has 2 heterocycles. The van der Waals surface area contributed by atoms with Crippen LogP contribution in [0.25, 0.3) is 0 Å². The molecule has 0 aromatic rings. The maximum atomic E-state index is 12.5. The molecule has 2 aliphatic heterocycles. The average molecular weight is 370 g/mol. The topological polar surface area (TPSA) is 68.3 Å². The Morgan fingerprint density at radius 2 is 1.35 bits per heavy atom. The van der Waals surface area contributed by atoms with Crippen molar-refractivity contribution in [2.75, 3.05) is 39.4 Å². The van der Waals surface area contributed by atoms with E-state index in [-0.39, 0.29) is 17.6 Å². The molecule has 0 aromatic carbocycles. The number of carbonyl (C=O) groups excluding carboxylic acids is 2. The van der Waals surface area contributed by atoms with E-state index >= 15 is 0 Å². The highest BCUT2D eigenvalue weighted by Crippen LogP contribution is 2.35. The van der Waals surface area contributed by atoms with Gasteiger partial charge in [-0.1, -0.05) is 0 Å². The van der Waals surface area contributed by atoms with Gasteiger partial charge in [-0.25, -0.2) is 9.59 Å². The molecule has 2 saturated heterocycles. The molecule has 0 atom stereocenters.